The topological polar surface area (TPSA) is 36.9 Å². The lowest BCUT2D eigenvalue weighted by molar-refractivity contribution is 0.00578. The van der Waals surface area contributed by atoms with Gasteiger partial charge in [0.15, 0.2) is 6.79 Å². The van der Waals surface area contributed by atoms with Crippen LogP contribution in [0.15, 0.2) is 30.3 Å². The highest BCUT2D eigenvalue weighted by molar-refractivity contribution is 6.65. The summed E-state index contributed by atoms with van der Waals surface area (Å²) in [5.41, 5.74) is -0.196. The molecule has 3 rings (SSSR count). The number of hydrogen-bond acceptors (Lipinski definition) is 4. The van der Waals surface area contributed by atoms with Crippen LogP contribution in [0.3, 0.4) is 0 Å². The third-order valence-electron chi connectivity index (χ3n) is 4.77. The molecule has 0 bridgehead atoms. The molecule has 0 amide bonds. The van der Waals surface area contributed by atoms with Crippen molar-refractivity contribution in [2.75, 3.05) is 13.9 Å². The van der Waals surface area contributed by atoms with Gasteiger partial charge in [0.25, 0.3) is 0 Å². The van der Waals surface area contributed by atoms with Crippen molar-refractivity contribution in [3.05, 3.63) is 36.1 Å². The number of fused-ring (bicyclic) bond motifs is 1. The third-order valence-corrected chi connectivity index (χ3v) is 4.77. The molecule has 24 heavy (non-hydrogen) atoms. The normalized spacial score (nSPS) is 19.0. The van der Waals surface area contributed by atoms with E-state index in [-0.39, 0.29) is 12.6 Å². The maximum Gasteiger partial charge on any atom is 0.495 e. The molecule has 1 fully saturated rings. The molecule has 4 nitrogen and oxygen atoms in total. The average Bonchev–Trinajstić information content (AvgIpc) is 2.72. The SMILES string of the molecule is COCOc1cc(B2OC(C)(C)C(C)(C)O2)c2cc(F)ccc2c1. The second kappa shape index (κ2) is 6.03. The standard InChI is InChI=1S/C18H22BFO4/c1-17(2)18(3,4)24-19(23-17)16-10-14(22-11-21-5)8-12-6-7-13(20)9-15(12)16/h6-10H,11H2,1-5H3. The van der Waals surface area contributed by atoms with E-state index in [1.54, 1.807) is 13.2 Å². The molecule has 6 heteroatoms. The lowest BCUT2D eigenvalue weighted by Gasteiger charge is -2.32. The fourth-order valence-electron chi connectivity index (χ4n) is 2.71. The van der Waals surface area contributed by atoms with E-state index in [4.69, 9.17) is 18.8 Å². The molecule has 0 unspecified atom stereocenters. The van der Waals surface area contributed by atoms with Gasteiger partial charge in [0, 0.05) is 7.11 Å². The Morgan fingerprint density at radius 1 is 1.04 bits per heavy atom. The minimum Gasteiger partial charge on any atom is -0.468 e. The molecule has 0 aromatic heterocycles. The van der Waals surface area contributed by atoms with E-state index in [2.05, 4.69) is 0 Å². The summed E-state index contributed by atoms with van der Waals surface area (Å²) in [6.45, 7) is 8.08. The number of hydrogen-bond donors (Lipinski definition) is 0. The van der Waals surface area contributed by atoms with Crippen LogP contribution >= 0.6 is 0 Å². The first kappa shape index (κ1) is 17.2. The highest BCUT2D eigenvalue weighted by Gasteiger charge is 2.52. The lowest BCUT2D eigenvalue weighted by atomic mass is 9.76. The Balaban J connectivity index is 2.10. The Morgan fingerprint density at radius 2 is 1.71 bits per heavy atom. The van der Waals surface area contributed by atoms with Gasteiger partial charge in [-0.3, -0.25) is 0 Å². The van der Waals surface area contributed by atoms with Crippen molar-refractivity contribution >= 4 is 23.4 Å². The zero-order valence-corrected chi connectivity index (χ0v) is 14.7. The van der Waals surface area contributed by atoms with Crippen molar-refractivity contribution in [3.63, 3.8) is 0 Å². The molecular formula is C18H22BFO4. The van der Waals surface area contributed by atoms with Gasteiger partial charge in [0.05, 0.1) is 11.2 Å². The van der Waals surface area contributed by atoms with Crippen LogP contribution in [0.5, 0.6) is 5.75 Å². The molecule has 128 valence electrons. The van der Waals surface area contributed by atoms with Gasteiger partial charge < -0.3 is 18.8 Å². The van der Waals surface area contributed by atoms with Crippen molar-refractivity contribution in [2.45, 2.75) is 38.9 Å². The largest absolute Gasteiger partial charge is 0.495 e. The molecule has 1 aliphatic heterocycles. The minimum atomic E-state index is -0.592. The first-order valence-electron chi connectivity index (χ1n) is 7.94. The summed E-state index contributed by atoms with van der Waals surface area (Å²) in [4.78, 5) is 0. The van der Waals surface area contributed by atoms with E-state index < -0.39 is 18.3 Å². The first-order chi connectivity index (χ1) is 11.2. The molecule has 0 N–H and O–H groups in total. The summed E-state index contributed by atoms with van der Waals surface area (Å²) in [7, 11) is 0.969. The van der Waals surface area contributed by atoms with Crippen LogP contribution < -0.4 is 10.2 Å². The lowest BCUT2D eigenvalue weighted by Crippen LogP contribution is -2.41. The molecule has 2 aromatic carbocycles. The second-order valence-electron chi connectivity index (χ2n) is 7.02. The molecule has 1 heterocycles. The summed E-state index contributed by atoms with van der Waals surface area (Å²) in [6, 6.07) is 8.32. The van der Waals surface area contributed by atoms with Gasteiger partial charge in [-0.1, -0.05) is 6.07 Å². The first-order valence-corrected chi connectivity index (χ1v) is 7.94. The Morgan fingerprint density at radius 3 is 2.33 bits per heavy atom. The zero-order valence-electron chi connectivity index (χ0n) is 14.7. The number of methoxy groups -OCH3 is 1. The maximum atomic E-state index is 13.8. The van der Waals surface area contributed by atoms with E-state index in [1.807, 2.05) is 39.8 Å². The molecule has 1 aliphatic rings. The van der Waals surface area contributed by atoms with Crippen molar-refractivity contribution in [2.24, 2.45) is 0 Å². The van der Waals surface area contributed by atoms with Gasteiger partial charge >= 0.3 is 7.12 Å². The molecule has 0 atom stereocenters. The molecule has 0 saturated carbocycles. The maximum absolute atomic E-state index is 13.8. The van der Waals surface area contributed by atoms with Gasteiger partial charge in [0.1, 0.15) is 11.6 Å². The van der Waals surface area contributed by atoms with Crippen LogP contribution in [-0.2, 0) is 14.0 Å². The summed E-state index contributed by atoms with van der Waals surface area (Å²) < 4.78 is 36.6. The van der Waals surface area contributed by atoms with Crippen molar-refractivity contribution in [1.82, 2.24) is 0 Å². The third kappa shape index (κ3) is 3.01. The van der Waals surface area contributed by atoms with Crippen LogP contribution in [0.25, 0.3) is 10.8 Å². The van der Waals surface area contributed by atoms with Gasteiger partial charge in [-0.05, 0) is 68.2 Å². The quantitative estimate of drug-likeness (QED) is 0.636. The van der Waals surface area contributed by atoms with Crippen molar-refractivity contribution in [1.29, 1.82) is 0 Å². The van der Waals surface area contributed by atoms with Crippen LogP contribution in [-0.4, -0.2) is 32.2 Å². The smallest absolute Gasteiger partial charge is 0.468 e. The number of ether oxygens (including phenoxy) is 2. The van der Waals surface area contributed by atoms with Crippen LogP contribution in [0.2, 0.25) is 0 Å². The molecule has 0 radical (unpaired) electrons. The summed E-state index contributed by atoms with van der Waals surface area (Å²) in [5.74, 6) is 0.325. The second-order valence-corrected chi connectivity index (χ2v) is 7.02. The van der Waals surface area contributed by atoms with Gasteiger partial charge in [-0.25, -0.2) is 4.39 Å². The van der Waals surface area contributed by atoms with Gasteiger partial charge in [-0.2, -0.15) is 0 Å². The predicted molar refractivity (Wildman–Crippen MR) is 92.1 cm³/mol. The van der Waals surface area contributed by atoms with Crippen LogP contribution in [0, 0.1) is 5.82 Å². The highest BCUT2D eigenvalue weighted by atomic mass is 19.1. The molecular weight excluding hydrogens is 310 g/mol. The molecule has 0 spiro atoms. The van der Waals surface area contributed by atoms with Crippen LogP contribution in [0.1, 0.15) is 27.7 Å². The highest BCUT2D eigenvalue weighted by Crippen LogP contribution is 2.37. The molecule has 0 aliphatic carbocycles. The van der Waals surface area contributed by atoms with Gasteiger partial charge in [-0.15, -0.1) is 0 Å². The Labute approximate surface area is 142 Å². The predicted octanol–water partition coefficient (Wildman–Crippen LogP) is 3.26. The van der Waals surface area contributed by atoms with E-state index in [0.29, 0.717) is 5.75 Å². The fraction of sp³-hybridized carbons (Fsp3) is 0.444. The Bertz CT molecular complexity index is 744. The fourth-order valence-corrected chi connectivity index (χ4v) is 2.71. The van der Waals surface area contributed by atoms with E-state index in [9.17, 15) is 4.39 Å². The van der Waals surface area contributed by atoms with E-state index >= 15 is 0 Å². The van der Waals surface area contributed by atoms with E-state index in [0.717, 1.165) is 16.2 Å². The zero-order chi connectivity index (χ0) is 17.5. The number of halogens is 1. The Kier molecular flexibility index (Phi) is 4.32. The van der Waals surface area contributed by atoms with Crippen LogP contribution in [0.4, 0.5) is 4.39 Å². The summed E-state index contributed by atoms with van der Waals surface area (Å²) in [5, 5.41) is 1.60. The Hall–Kier alpha value is -1.63. The molecule has 2 aromatic rings. The van der Waals surface area contributed by atoms with Crippen molar-refractivity contribution in [3.8, 4) is 5.75 Å². The monoisotopic (exact) mass is 332 g/mol. The minimum absolute atomic E-state index is 0.134. The number of rotatable bonds is 4. The van der Waals surface area contributed by atoms with Gasteiger partial charge in [0.2, 0.25) is 0 Å². The van der Waals surface area contributed by atoms with Crippen molar-refractivity contribution < 1.29 is 23.2 Å². The number of benzene rings is 2. The summed E-state index contributed by atoms with van der Waals surface area (Å²) in [6.07, 6.45) is 0. The summed E-state index contributed by atoms with van der Waals surface area (Å²) >= 11 is 0. The average molecular weight is 332 g/mol. The molecule has 1 saturated heterocycles. The van der Waals surface area contributed by atoms with E-state index in [1.165, 1.54) is 12.1 Å².